The summed E-state index contributed by atoms with van der Waals surface area (Å²) in [5, 5.41) is 2.48. The minimum absolute atomic E-state index is 0.337. The highest BCUT2D eigenvalue weighted by Crippen LogP contribution is 2.32. The summed E-state index contributed by atoms with van der Waals surface area (Å²) in [6.45, 7) is 1.68. The van der Waals surface area contributed by atoms with E-state index in [4.69, 9.17) is 9.47 Å². The number of sulfone groups is 1. The van der Waals surface area contributed by atoms with Crippen molar-refractivity contribution in [2.75, 3.05) is 27.5 Å². The lowest BCUT2D eigenvalue weighted by molar-refractivity contribution is 0.385. The Kier molecular flexibility index (Phi) is 5.20. The lowest BCUT2D eigenvalue weighted by Gasteiger charge is -2.24. The molecule has 1 N–H and O–H groups in total. The SMILES string of the molecule is CNC(c1ccc(OC)cc1OC)C(C)S(C)(=O)=O. The molecule has 5 nitrogen and oxygen atoms in total. The molecule has 0 aliphatic rings. The molecule has 0 saturated carbocycles. The first-order valence-electron chi connectivity index (χ1n) is 5.93. The van der Waals surface area contributed by atoms with E-state index in [1.54, 1.807) is 40.3 Å². The van der Waals surface area contributed by atoms with Crippen LogP contribution in [0, 0.1) is 0 Å². The first-order valence-corrected chi connectivity index (χ1v) is 7.88. The van der Waals surface area contributed by atoms with Crippen molar-refractivity contribution >= 4 is 9.84 Å². The summed E-state index contributed by atoms with van der Waals surface area (Å²) in [5.41, 5.74) is 0.795. The summed E-state index contributed by atoms with van der Waals surface area (Å²) < 4.78 is 33.9. The maximum absolute atomic E-state index is 11.7. The van der Waals surface area contributed by atoms with Crippen LogP contribution >= 0.6 is 0 Å². The summed E-state index contributed by atoms with van der Waals surface area (Å²) in [7, 11) is 1.70. The fourth-order valence-corrected chi connectivity index (χ4v) is 2.74. The monoisotopic (exact) mass is 287 g/mol. The third-order valence-corrected chi connectivity index (χ3v) is 4.85. The van der Waals surface area contributed by atoms with Gasteiger partial charge in [0.2, 0.25) is 0 Å². The number of nitrogens with one attached hydrogen (secondary N) is 1. The van der Waals surface area contributed by atoms with E-state index in [-0.39, 0.29) is 6.04 Å². The Morgan fingerprint density at radius 3 is 2.26 bits per heavy atom. The Labute approximate surface area is 114 Å². The van der Waals surface area contributed by atoms with E-state index in [0.717, 1.165) is 5.56 Å². The van der Waals surface area contributed by atoms with Gasteiger partial charge in [0.25, 0.3) is 0 Å². The lowest BCUT2D eigenvalue weighted by atomic mass is 10.0. The van der Waals surface area contributed by atoms with Crippen molar-refractivity contribution in [3.63, 3.8) is 0 Å². The zero-order valence-corrected chi connectivity index (χ0v) is 12.7. The molecule has 0 heterocycles. The molecule has 19 heavy (non-hydrogen) atoms. The smallest absolute Gasteiger partial charge is 0.151 e. The third kappa shape index (κ3) is 3.61. The van der Waals surface area contributed by atoms with Crippen LogP contribution in [-0.4, -0.2) is 41.2 Å². The van der Waals surface area contributed by atoms with E-state index in [1.165, 1.54) is 6.26 Å². The summed E-state index contributed by atoms with van der Waals surface area (Å²) in [5.74, 6) is 1.27. The second-order valence-electron chi connectivity index (χ2n) is 4.41. The number of benzene rings is 1. The van der Waals surface area contributed by atoms with Crippen molar-refractivity contribution in [2.24, 2.45) is 0 Å². The molecule has 1 aromatic carbocycles. The van der Waals surface area contributed by atoms with Gasteiger partial charge in [-0.15, -0.1) is 0 Å². The predicted octanol–water partition coefficient (Wildman–Crippen LogP) is 1.40. The quantitative estimate of drug-likeness (QED) is 0.856. The largest absolute Gasteiger partial charge is 0.497 e. The van der Waals surface area contributed by atoms with Gasteiger partial charge < -0.3 is 14.8 Å². The molecule has 108 valence electrons. The van der Waals surface area contributed by atoms with Crippen molar-refractivity contribution in [3.8, 4) is 11.5 Å². The van der Waals surface area contributed by atoms with Gasteiger partial charge in [-0.2, -0.15) is 0 Å². The maximum atomic E-state index is 11.7. The average molecular weight is 287 g/mol. The Morgan fingerprint density at radius 1 is 1.21 bits per heavy atom. The zero-order valence-electron chi connectivity index (χ0n) is 11.9. The van der Waals surface area contributed by atoms with E-state index >= 15 is 0 Å². The van der Waals surface area contributed by atoms with Crippen LogP contribution in [0.5, 0.6) is 11.5 Å². The van der Waals surface area contributed by atoms with Crippen LogP contribution < -0.4 is 14.8 Å². The number of ether oxygens (including phenoxy) is 2. The van der Waals surface area contributed by atoms with Crippen molar-refractivity contribution in [1.29, 1.82) is 0 Å². The van der Waals surface area contributed by atoms with Crippen LogP contribution in [0.4, 0.5) is 0 Å². The van der Waals surface area contributed by atoms with E-state index in [9.17, 15) is 8.42 Å². The van der Waals surface area contributed by atoms with Crippen LogP contribution in [0.15, 0.2) is 18.2 Å². The zero-order chi connectivity index (χ0) is 14.6. The van der Waals surface area contributed by atoms with Crippen LogP contribution in [0.25, 0.3) is 0 Å². The van der Waals surface area contributed by atoms with Crippen molar-refractivity contribution < 1.29 is 17.9 Å². The van der Waals surface area contributed by atoms with E-state index in [1.807, 2.05) is 6.07 Å². The highest BCUT2D eigenvalue weighted by atomic mass is 32.2. The molecule has 0 spiro atoms. The molecule has 0 bridgehead atoms. The fourth-order valence-electron chi connectivity index (χ4n) is 1.97. The summed E-state index contributed by atoms with van der Waals surface area (Å²) >= 11 is 0. The molecule has 0 aliphatic heterocycles. The Hall–Kier alpha value is -1.27. The third-order valence-electron chi connectivity index (χ3n) is 3.23. The second kappa shape index (κ2) is 6.25. The molecule has 1 aromatic rings. The molecule has 2 atom stereocenters. The molecule has 2 unspecified atom stereocenters. The minimum Gasteiger partial charge on any atom is -0.497 e. The van der Waals surface area contributed by atoms with Crippen LogP contribution in [-0.2, 0) is 9.84 Å². The highest BCUT2D eigenvalue weighted by molar-refractivity contribution is 7.91. The summed E-state index contributed by atoms with van der Waals surface area (Å²) in [6.07, 6.45) is 1.23. The molecule has 0 aliphatic carbocycles. The molecule has 1 rings (SSSR count). The molecule has 0 aromatic heterocycles. The normalized spacial score (nSPS) is 14.8. The summed E-state index contributed by atoms with van der Waals surface area (Å²) in [6, 6.07) is 5.02. The predicted molar refractivity (Wildman–Crippen MR) is 75.7 cm³/mol. The molecule has 0 radical (unpaired) electrons. The number of rotatable bonds is 6. The van der Waals surface area contributed by atoms with Gasteiger partial charge in [-0.1, -0.05) is 6.07 Å². The standard InChI is InChI=1S/C13H21NO4S/c1-9(19(5,15)16)13(14-2)11-7-6-10(17-3)8-12(11)18-4/h6-9,13-14H,1-5H3. The van der Waals surface area contributed by atoms with Gasteiger partial charge in [-0.25, -0.2) is 8.42 Å². The molecule has 0 amide bonds. The van der Waals surface area contributed by atoms with Crippen LogP contribution in [0.3, 0.4) is 0 Å². The molecular weight excluding hydrogens is 266 g/mol. The van der Waals surface area contributed by atoms with Gasteiger partial charge in [-0.05, 0) is 20.0 Å². The first kappa shape index (κ1) is 15.8. The van der Waals surface area contributed by atoms with Crippen molar-refractivity contribution in [2.45, 2.75) is 18.2 Å². The van der Waals surface area contributed by atoms with E-state index < -0.39 is 15.1 Å². The van der Waals surface area contributed by atoms with Crippen LogP contribution in [0.2, 0.25) is 0 Å². The van der Waals surface area contributed by atoms with Gasteiger partial charge in [0.15, 0.2) is 9.84 Å². The Bertz CT molecular complexity index is 527. The number of hydrogen-bond donors (Lipinski definition) is 1. The number of hydrogen-bond acceptors (Lipinski definition) is 5. The average Bonchev–Trinajstić information content (AvgIpc) is 2.38. The first-order chi connectivity index (χ1) is 8.85. The molecule has 6 heteroatoms. The molecule has 0 fully saturated rings. The van der Waals surface area contributed by atoms with Gasteiger partial charge in [0.05, 0.1) is 25.5 Å². The van der Waals surface area contributed by atoms with E-state index in [0.29, 0.717) is 11.5 Å². The molecular formula is C13H21NO4S. The second-order valence-corrected chi connectivity index (χ2v) is 6.81. The van der Waals surface area contributed by atoms with Crippen molar-refractivity contribution in [1.82, 2.24) is 5.32 Å². The lowest BCUT2D eigenvalue weighted by Crippen LogP contribution is -2.33. The Morgan fingerprint density at radius 2 is 1.84 bits per heavy atom. The Balaban J connectivity index is 3.25. The molecule has 0 saturated heterocycles. The minimum atomic E-state index is -3.15. The highest BCUT2D eigenvalue weighted by Gasteiger charge is 2.28. The van der Waals surface area contributed by atoms with Crippen LogP contribution in [0.1, 0.15) is 18.5 Å². The van der Waals surface area contributed by atoms with Gasteiger partial charge in [0, 0.05) is 17.9 Å². The maximum Gasteiger partial charge on any atom is 0.151 e. The fraction of sp³-hybridized carbons (Fsp3) is 0.538. The van der Waals surface area contributed by atoms with Gasteiger partial charge in [0.1, 0.15) is 11.5 Å². The van der Waals surface area contributed by atoms with Crippen molar-refractivity contribution in [3.05, 3.63) is 23.8 Å². The summed E-state index contributed by atoms with van der Waals surface area (Å²) in [4.78, 5) is 0. The van der Waals surface area contributed by atoms with Gasteiger partial charge >= 0.3 is 0 Å². The topological polar surface area (TPSA) is 64.6 Å². The number of methoxy groups -OCH3 is 2. The van der Waals surface area contributed by atoms with E-state index in [2.05, 4.69) is 5.32 Å². The van der Waals surface area contributed by atoms with Gasteiger partial charge in [-0.3, -0.25) is 0 Å².